The molecule has 0 saturated carbocycles. The average molecular weight is 627 g/mol. The van der Waals surface area contributed by atoms with E-state index in [1.807, 2.05) is 13.8 Å². The zero-order chi connectivity index (χ0) is 33.1. The number of ether oxygens (including phenoxy) is 2. The minimum absolute atomic E-state index is 0.0921. The van der Waals surface area contributed by atoms with Crippen LogP contribution in [0.25, 0.3) is 0 Å². The number of carbonyl (C=O) groups is 4. The van der Waals surface area contributed by atoms with Crippen LogP contribution in [0.15, 0.2) is 18.2 Å². The fraction of sp³-hybridized carbons (Fsp3) is 0.500. The summed E-state index contributed by atoms with van der Waals surface area (Å²) in [7, 11) is 0. The standard InChI is InChI=1S/C32H38N2O11/c1-5-12(2)25(33)31(42)34-17-9-20(44-13(3)26(17)37)45-19-11-32(43,14(4)35)10-16-22(19)30(41)24-23(28(16)39)27(38)15-7-6-8-18(36)21(15)29(24)40/h6-8,12-13,17,19-20,25-26,36-37,39,41,43H,5,9-11,33H2,1-4H3,(H,34,42)/t12?,13?,17?,19-,20?,25?,26?,32-/m0/s1. The highest BCUT2D eigenvalue weighted by Crippen LogP contribution is 2.52. The number of aromatic hydroxyl groups is 3. The first kappa shape index (κ1) is 32.5. The van der Waals surface area contributed by atoms with E-state index in [0.717, 1.165) is 6.92 Å². The Morgan fingerprint density at radius 1 is 1.13 bits per heavy atom. The van der Waals surface area contributed by atoms with Crippen molar-refractivity contribution < 1.29 is 54.2 Å². The molecule has 8 atom stereocenters. The number of aliphatic hydroxyl groups excluding tert-OH is 1. The highest BCUT2D eigenvalue weighted by Gasteiger charge is 2.49. The number of hydrogen-bond donors (Lipinski definition) is 7. The summed E-state index contributed by atoms with van der Waals surface area (Å²) in [6, 6.07) is 2.18. The zero-order valence-corrected chi connectivity index (χ0v) is 25.4. The maximum atomic E-state index is 13.6. The Morgan fingerprint density at radius 2 is 1.80 bits per heavy atom. The smallest absolute Gasteiger partial charge is 0.237 e. The van der Waals surface area contributed by atoms with Crippen LogP contribution >= 0.6 is 0 Å². The number of fused-ring (bicyclic) bond motifs is 3. The lowest BCUT2D eigenvalue weighted by molar-refractivity contribution is -0.249. The Kier molecular flexibility index (Phi) is 8.53. The van der Waals surface area contributed by atoms with Gasteiger partial charge in [-0.25, -0.2) is 0 Å². The van der Waals surface area contributed by atoms with Gasteiger partial charge in [-0.2, -0.15) is 0 Å². The number of phenolic OH excluding ortho intramolecular Hbond substituents is 3. The van der Waals surface area contributed by atoms with Gasteiger partial charge in [0.15, 0.2) is 17.9 Å². The molecule has 0 bridgehead atoms. The molecule has 5 rings (SSSR count). The second kappa shape index (κ2) is 11.8. The Labute approximate surface area is 259 Å². The van der Waals surface area contributed by atoms with Crippen LogP contribution in [0.3, 0.4) is 0 Å². The third-order valence-electron chi connectivity index (χ3n) is 9.44. The predicted molar refractivity (Wildman–Crippen MR) is 157 cm³/mol. The van der Waals surface area contributed by atoms with Gasteiger partial charge in [-0.3, -0.25) is 19.2 Å². The van der Waals surface area contributed by atoms with Crippen LogP contribution in [0.2, 0.25) is 0 Å². The summed E-state index contributed by atoms with van der Waals surface area (Å²) >= 11 is 0. The molecular formula is C32H38N2O11. The van der Waals surface area contributed by atoms with Crippen molar-refractivity contribution in [2.24, 2.45) is 11.7 Å². The molecule has 1 saturated heterocycles. The molecule has 8 N–H and O–H groups in total. The van der Waals surface area contributed by atoms with Crippen LogP contribution < -0.4 is 11.1 Å². The molecule has 3 aliphatic rings. The molecule has 0 aromatic heterocycles. The minimum atomic E-state index is -2.09. The lowest BCUT2D eigenvalue weighted by Crippen LogP contribution is -2.58. The van der Waals surface area contributed by atoms with Crippen molar-refractivity contribution in [3.8, 4) is 17.2 Å². The Morgan fingerprint density at radius 3 is 2.44 bits per heavy atom. The number of ketones is 3. The number of hydrogen-bond acceptors (Lipinski definition) is 12. The number of nitrogens with one attached hydrogen (secondary N) is 1. The van der Waals surface area contributed by atoms with Crippen LogP contribution in [0.1, 0.15) is 96.0 Å². The third-order valence-corrected chi connectivity index (χ3v) is 9.44. The summed E-state index contributed by atoms with van der Waals surface area (Å²) in [6.07, 6.45) is -4.86. The molecule has 0 spiro atoms. The second-order valence-electron chi connectivity index (χ2n) is 12.3. The highest BCUT2D eigenvalue weighted by atomic mass is 16.7. The third kappa shape index (κ3) is 5.38. The van der Waals surface area contributed by atoms with E-state index in [2.05, 4.69) is 5.32 Å². The zero-order valence-electron chi connectivity index (χ0n) is 25.4. The average Bonchev–Trinajstić information content (AvgIpc) is 2.98. The molecule has 242 valence electrons. The lowest BCUT2D eigenvalue weighted by Gasteiger charge is -2.43. The molecule has 1 amide bonds. The van der Waals surface area contributed by atoms with Gasteiger partial charge in [0.1, 0.15) is 29.0 Å². The van der Waals surface area contributed by atoms with Crippen LogP contribution in [-0.4, -0.2) is 85.0 Å². The number of aliphatic hydroxyl groups is 2. The van der Waals surface area contributed by atoms with E-state index in [9.17, 15) is 44.7 Å². The van der Waals surface area contributed by atoms with Crippen molar-refractivity contribution >= 4 is 23.3 Å². The van der Waals surface area contributed by atoms with Gasteiger partial charge in [0.05, 0.1) is 41.0 Å². The summed E-state index contributed by atoms with van der Waals surface area (Å²) in [5, 5.41) is 58.3. The van der Waals surface area contributed by atoms with E-state index in [0.29, 0.717) is 6.42 Å². The van der Waals surface area contributed by atoms with Crippen molar-refractivity contribution in [2.75, 3.05) is 0 Å². The number of nitrogens with two attached hydrogens (primary N) is 1. The van der Waals surface area contributed by atoms with Gasteiger partial charge >= 0.3 is 0 Å². The summed E-state index contributed by atoms with van der Waals surface area (Å²) < 4.78 is 12.1. The quantitative estimate of drug-likeness (QED) is 0.184. The molecule has 1 aliphatic heterocycles. The van der Waals surface area contributed by atoms with Crippen LogP contribution in [0.4, 0.5) is 0 Å². The molecule has 45 heavy (non-hydrogen) atoms. The van der Waals surface area contributed by atoms with Gasteiger partial charge in [-0.15, -0.1) is 0 Å². The van der Waals surface area contributed by atoms with Gasteiger partial charge in [0.25, 0.3) is 0 Å². The first-order valence-electron chi connectivity index (χ1n) is 14.9. The fourth-order valence-corrected chi connectivity index (χ4v) is 6.40. The maximum absolute atomic E-state index is 13.6. The number of benzene rings is 2. The van der Waals surface area contributed by atoms with E-state index in [1.165, 1.54) is 18.2 Å². The van der Waals surface area contributed by atoms with Gasteiger partial charge in [0, 0.05) is 36.0 Å². The lowest BCUT2D eigenvalue weighted by atomic mass is 9.72. The number of carbonyl (C=O) groups excluding carboxylic acids is 4. The Bertz CT molecular complexity index is 1590. The second-order valence-corrected chi connectivity index (χ2v) is 12.3. The van der Waals surface area contributed by atoms with Crippen molar-refractivity contribution in [3.63, 3.8) is 0 Å². The molecule has 6 unspecified atom stereocenters. The van der Waals surface area contributed by atoms with Crippen LogP contribution in [0, 0.1) is 5.92 Å². The number of phenols is 3. The SMILES string of the molecule is CCC(C)C(N)C(=O)NC1CC(O[C@H]2C[C@](O)(C(C)=O)Cc3c(O)c4c(c(O)c32)C(=O)c2c(O)cccc2C4=O)OC(C)C1O. The molecular weight excluding hydrogens is 588 g/mol. The van der Waals surface area contributed by atoms with Crippen molar-refractivity contribution in [3.05, 3.63) is 51.6 Å². The topological polar surface area (TPSA) is 226 Å². The first-order valence-corrected chi connectivity index (χ1v) is 14.9. The highest BCUT2D eigenvalue weighted by molar-refractivity contribution is 6.31. The number of rotatable bonds is 7. The fourth-order valence-electron chi connectivity index (χ4n) is 6.40. The molecule has 13 heteroatoms. The summed E-state index contributed by atoms with van der Waals surface area (Å²) in [5.41, 5.74) is 2.08. The van der Waals surface area contributed by atoms with Crippen molar-refractivity contribution in [2.45, 2.75) is 95.7 Å². The minimum Gasteiger partial charge on any atom is -0.507 e. The van der Waals surface area contributed by atoms with Crippen LogP contribution in [-0.2, 0) is 25.5 Å². The molecule has 2 aromatic carbocycles. The largest absolute Gasteiger partial charge is 0.507 e. The van der Waals surface area contributed by atoms with Crippen LogP contribution in [0.5, 0.6) is 17.2 Å². The van der Waals surface area contributed by atoms with E-state index < -0.39 is 107 Å². The Hall–Kier alpha value is -3.88. The van der Waals surface area contributed by atoms with Crippen molar-refractivity contribution in [1.29, 1.82) is 0 Å². The van der Waals surface area contributed by atoms with E-state index >= 15 is 0 Å². The predicted octanol–water partition coefficient (Wildman–Crippen LogP) is 1.26. The Balaban J connectivity index is 1.55. The molecule has 13 nitrogen and oxygen atoms in total. The number of amides is 1. The molecule has 1 fully saturated rings. The van der Waals surface area contributed by atoms with Crippen molar-refractivity contribution in [1.82, 2.24) is 5.32 Å². The van der Waals surface area contributed by atoms with E-state index in [1.54, 1.807) is 6.92 Å². The van der Waals surface area contributed by atoms with Gasteiger partial charge in [-0.1, -0.05) is 32.4 Å². The summed E-state index contributed by atoms with van der Waals surface area (Å²) in [4.78, 5) is 52.6. The first-order chi connectivity index (χ1) is 21.1. The van der Waals surface area contributed by atoms with Gasteiger partial charge < -0.3 is 46.1 Å². The molecule has 2 aromatic rings. The van der Waals surface area contributed by atoms with Gasteiger partial charge in [-0.05, 0) is 25.8 Å². The van der Waals surface area contributed by atoms with E-state index in [-0.39, 0.29) is 34.6 Å². The molecule has 1 heterocycles. The normalized spacial score (nSPS) is 28.8. The molecule has 0 radical (unpaired) electrons. The van der Waals surface area contributed by atoms with Gasteiger partial charge in [0.2, 0.25) is 11.7 Å². The maximum Gasteiger partial charge on any atom is 0.237 e. The molecule has 2 aliphatic carbocycles. The summed E-state index contributed by atoms with van der Waals surface area (Å²) in [5.74, 6) is -4.94. The van der Waals surface area contributed by atoms with E-state index in [4.69, 9.17) is 15.2 Å². The summed E-state index contributed by atoms with van der Waals surface area (Å²) in [6.45, 7) is 6.43. The number of Topliss-reactive ketones (excluding diaryl/α,β-unsaturated/α-hetero) is 1. The monoisotopic (exact) mass is 626 g/mol.